The number of nitrogens with one attached hydrogen (secondary N) is 1. The van der Waals surface area contributed by atoms with Crippen molar-refractivity contribution in [2.24, 2.45) is 0 Å². The topological polar surface area (TPSA) is 67.8 Å². The second-order valence-corrected chi connectivity index (χ2v) is 5.57. The van der Waals surface area contributed by atoms with E-state index in [4.69, 9.17) is 9.47 Å². The third-order valence-electron chi connectivity index (χ3n) is 3.21. The fourth-order valence-corrected chi connectivity index (χ4v) is 1.76. The molecule has 118 valence electrons. The number of amides is 1. The predicted molar refractivity (Wildman–Crippen MR) is 81.5 cm³/mol. The van der Waals surface area contributed by atoms with E-state index in [2.05, 4.69) is 5.32 Å². The van der Waals surface area contributed by atoms with Crippen molar-refractivity contribution in [2.45, 2.75) is 32.8 Å². The highest BCUT2D eigenvalue weighted by Gasteiger charge is 2.20. The Morgan fingerprint density at radius 1 is 1.38 bits per heavy atom. The fraction of sp³-hybridized carbons (Fsp3) is 0.562. The van der Waals surface area contributed by atoms with Gasteiger partial charge in [0.25, 0.3) is 5.91 Å². The van der Waals surface area contributed by atoms with Crippen LogP contribution in [0.2, 0.25) is 0 Å². The quantitative estimate of drug-likeness (QED) is 0.764. The SMILES string of the molecule is COCCC(C)(O)CNC(=O)COc1cc(C)ccc1C. The molecule has 0 heterocycles. The molecule has 1 atom stereocenters. The predicted octanol–water partition coefficient (Wildman–Crippen LogP) is 1.59. The summed E-state index contributed by atoms with van der Waals surface area (Å²) in [6.07, 6.45) is 0.460. The molecule has 5 nitrogen and oxygen atoms in total. The van der Waals surface area contributed by atoms with Crippen molar-refractivity contribution in [3.63, 3.8) is 0 Å². The number of aliphatic hydroxyl groups is 1. The molecule has 0 bridgehead atoms. The maximum atomic E-state index is 11.8. The Labute approximate surface area is 126 Å². The minimum atomic E-state index is -0.981. The van der Waals surface area contributed by atoms with Crippen LogP contribution in [0.25, 0.3) is 0 Å². The van der Waals surface area contributed by atoms with E-state index < -0.39 is 5.60 Å². The number of ether oxygens (including phenoxy) is 2. The van der Waals surface area contributed by atoms with Crippen LogP contribution in [0.4, 0.5) is 0 Å². The van der Waals surface area contributed by atoms with Crippen molar-refractivity contribution in [3.05, 3.63) is 29.3 Å². The van der Waals surface area contributed by atoms with Crippen LogP contribution in [0.3, 0.4) is 0 Å². The van der Waals surface area contributed by atoms with E-state index in [1.807, 2.05) is 32.0 Å². The molecule has 0 radical (unpaired) electrons. The zero-order chi connectivity index (χ0) is 15.9. The first-order valence-electron chi connectivity index (χ1n) is 7.02. The van der Waals surface area contributed by atoms with Gasteiger partial charge in [-0.05, 0) is 38.0 Å². The Hall–Kier alpha value is -1.59. The summed E-state index contributed by atoms with van der Waals surface area (Å²) in [7, 11) is 1.58. The number of aryl methyl sites for hydroxylation is 2. The zero-order valence-electron chi connectivity index (χ0n) is 13.2. The normalized spacial score (nSPS) is 13.6. The lowest BCUT2D eigenvalue weighted by Gasteiger charge is -2.23. The molecular weight excluding hydrogens is 270 g/mol. The Morgan fingerprint density at radius 2 is 2.10 bits per heavy atom. The number of benzene rings is 1. The third kappa shape index (κ3) is 6.60. The van der Waals surface area contributed by atoms with Gasteiger partial charge in [0.15, 0.2) is 6.61 Å². The maximum absolute atomic E-state index is 11.8. The highest BCUT2D eigenvalue weighted by molar-refractivity contribution is 5.77. The lowest BCUT2D eigenvalue weighted by atomic mass is 10.0. The van der Waals surface area contributed by atoms with E-state index in [1.54, 1.807) is 14.0 Å². The Balaban J connectivity index is 2.39. The van der Waals surface area contributed by atoms with Crippen LogP contribution in [0.5, 0.6) is 5.75 Å². The van der Waals surface area contributed by atoms with Crippen LogP contribution in [0.15, 0.2) is 18.2 Å². The van der Waals surface area contributed by atoms with E-state index in [0.717, 1.165) is 11.1 Å². The monoisotopic (exact) mass is 295 g/mol. The average Bonchev–Trinajstić information content (AvgIpc) is 2.44. The van der Waals surface area contributed by atoms with Gasteiger partial charge in [-0.2, -0.15) is 0 Å². The Morgan fingerprint density at radius 3 is 2.76 bits per heavy atom. The summed E-state index contributed by atoms with van der Waals surface area (Å²) in [5, 5.41) is 12.7. The summed E-state index contributed by atoms with van der Waals surface area (Å²) in [5.74, 6) is 0.449. The molecule has 1 unspecified atom stereocenters. The molecule has 0 aliphatic heterocycles. The van der Waals surface area contributed by atoms with E-state index in [0.29, 0.717) is 18.8 Å². The van der Waals surface area contributed by atoms with Crippen molar-refractivity contribution in [2.75, 3.05) is 26.9 Å². The van der Waals surface area contributed by atoms with Crippen LogP contribution in [0, 0.1) is 13.8 Å². The van der Waals surface area contributed by atoms with Gasteiger partial charge in [0.05, 0.1) is 5.60 Å². The molecule has 2 N–H and O–H groups in total. The number of hydrogen-bond acceptors (Lipinski definition) is 4. The summed E-state index contributed by atoms with van der Waals surface area (Å²) in [6.45, 7) is 6.12. The van der Waals surface area contributed by atoms with Gasteiger partial charge in [0.2, 0.25) is 0 Å². The Kier molecular flexibility index (Phi) is 6.65. The van der Waals surface area contributed by atoms with Gasteiger partial charge in [0.1, 0.15) is 5.75 Å². The van der Waals surface area contributed by atoms with Crippen molar-refractivity contribution in [3.8, 4) is 5.75 Å². The second kappa shape index (κ2) is 8.00. The van der Waals surface area contributed by atoms with Gasteiger partial charge in [0, 0.05) is 26.7 Å². The number of methoxy groups -OCH3 is 1. The van der Waals surface area contributed by atoms with Gasteiger partial charge in [-0.25, -0.2) is 0 Å². The van der Waals surface area contributed by atoms with Gasteiger partial charge >= 0.3 is 0 Å². The number of carbonyl (C=O) groups excluding carboxylic acids is 1. The molecule has 0 aliphatic carbocycles. The fourth-order valence-electron chi connectivity index (χ4n) is 1.76. The molecule has 5 heteroatoms. The number of hydrogen-bond donors (Lipinski definition) is 2. The molecule has 1 amide bonds. The van der Waals surface area contributed by atoms with Crippen molar-refractivity contribution < 1.29 is 19.4 Å². The summed E-state index contributed by atoms with van der Waals surface area (Å²) >= 11 is 0. The molecule has 0 saturated carbocycles. The maximum Gasteiger partial charge on any atom is 0.258 e. The molecule has 0 aromatic heterocycles. The number of carbonyl (C=O) groups is 1. The summed E-state index contributed by atoms with van der Waals surface area (Å²) in [5.41, 5.74) is 1.09. The number of rotatable bonds is 8. The first kappa shape index (κ1) is 17.5. The van der Waals surface area contributed by atoms with Crippen molar-refractivity contribution in [1.29, 1.82) is 0 Å². The molecule has 1 aromatic rings. The minimum absolute atomic E-state index is 0.0648. The van der Waals surface area contributed by atoms with Crippen LogP contribution in [-0.2, 0) is 9.53 Å². The molecule has 1 rings (SSSR count). The van der Waals surface area contributed by atoms with Crippen LogP contribution < -0.4 is 10.1 Å². The lowest BCUT2D eigenvalue weighted by Crippen LogP contribution is -2.42. The van der Waals surface area contributed by atoms with Gasteiger partial charge < -0.3 is 19.9 Å². The average molecular weight is 295 g/mol. The molecule has 1 aromatic carbocycles. The summed E-state index contributed by atoms with van der Waals surface area (Å²) in [6, 6.07) is 5.85. The lowest BCUT2D eigenvalue weighted by molar-refractivity contribution is -0.124. The molecule has 21 heavy (non-hydrogen) atoms. The third-order valence-corrected chi connectivity index (χ3v) is 3.21. The van der Waals surface area contributed by atoms with Crippen LogP contribution in [-0.4, -0.2) is 43.5 Å². The van der Waals surface area contributed by atoms with E-state index in [9.17, 15) is 9.90 Å². The van der Waals surface area contributed by atoms with Gasteiger partial charge in [-0.15, -0.1) is 0 Å². The largest absolute Gasteiger partial charge is 0.483 e. The standard InChI is InChI=1S/C16H25NO4/c1-12-5-6-13(2)14(9-12)21-10-15(18)17-11-16(3,19)7-8-20-4/h5-6,9,19H,7-8,10-11H2,1-4H3,(H,17,18). The van der Waals surface area contributed by atoms with Crippen LogP contribution in [0.1, 0.15) is 24.5 Å². The first-order chi connectivity index (χ1) is 9.84. The molecule has 0 spiro atoms. The van der Waals surface area contributed by atoms with Crippen molar-refractivity contribution in [1.82, 2.24) is 5.32 Å². The molecule has 0 aliphatic rings. The highest BCUT2D eigenvalue weighted by atomic mass is 16.5. The Bertz CT molecular complexity index is 471. The van der Waals surface area contributed by atoms with Crippen LogP contribution >= 0.6 is 0 Å². The van der Waals surface area contributed by atoms with E-state index >= 15 is 0 Å². The first-order valence-corrected chi connectivity index (χ1v) is 7.02. The second-order valence-electron chi connectivity index (χ2n) is 5.57. The smallest absolute Gasteiger partial charge is 0.258 e. The zero-order valence-corrected chi connectivity index (χ0v) is 13.2. The van der Waals surface area contributed by atoms with E-state index in [1.165, 1.54) is 0 Å². The molecule has 0 fully saturated rings. The highest BCUT2D eigenvalue weighted by Crippen LogP contribution is 2.18. The van der Waals surface area contributed by atoms with Gasteiger partial charge in [-0.3, -0.25) is 4.79 Å². The summed E-state index contributed by atoms with van der Waals surface area (Å²) < 4.78 is 10.4. The van der Waals surface area contributed by atoms with Gasteiger partial charge in [-0.1, -0.05) is 12.1 Å². The molecule has 0 saturated heterocycles. The van der Waals surface area contributed by atoms with Crippen molar-refractivity contribution >= 4 is 5.91 Å². The van der Waals surface area contributed by atoms with E-state index in [-0.39, 0.29) is 19.1 Å². The molecular formula is C16H25NO4. The minimum Gasteiger partial charge on any atom is -0.483 e. The summed E-state index contributed by atoms with van der Waals surface area (Å²) in [4.78, 5) is 11.8.